The monoisotopic (exact) mass is 447 g/mol. The van der Waals surface area contributed by atoms with E-state index in [2.05, 4.69) is 77.0 Å². The van der Waals surface area contributed by atoms with Gasteiger partial charge in [-0.3, -0.25) is 0 Å². The molecule has 0 radical (unpaired) electrons. The molecule has 0 aromatic rings. The van der Waals surface area contributed by atoms with Gasteiger partial charge < -0.3 is 28.0 Å². The Kier molecular flexibility index (Phi) is 16.6. The van der Waals surface area contributed by atoms with Crippen LogP contribution in [-0.2, 0) is 13.3 Å². The molecule has 0 spiro atoms. The molecule has 0 saturated carbocycles. The standard InChI is InChI=1S/C23H53N3O3Si/c1-10-24(11-2)19-23(20-25(12-3)13-4,21-26(14-5)15-6)22-30(27-16-7,28-17-8)29-18-9/h10-22H2,1-9H3. The van der Waals surface area contributed by atoms with Crippen LogP contribution in [0.3, 0.4) is 0 Å². The largest absolute Gasteiger partial charge is 0.501 e. The molecule has 0 fully saturated rings. The van der Waals surface area contributed by atoms with E-state index in [0.717, 1.165) is 64.9 Å². The van der Waals surface area contributed by atoms with Crippen LogP contribution in [0.15, 0.2) is 0 Å². The van der Waals surface area contributed by atoms with Crippen molar-refractivity contribution >= 4 is 8.80 Å². The minimum Gasteiger partial charge on any atom is -0.374 e. The molecule has 6 nitrogen and oxygen atoms in total. The SMILES string of the molecule is CCO[Si](CC(CN(CC)CC)(CN(CC)CC)CN(CC)CC)(OCC)OCC. The molecule has 0 bridgehead atoms. The van der Waals surface area contributed by atoms with Crippen molar-refractivity contribution in [3.63, 3.8) is 0 Å². The van der Waals surface area contributed by atoms with Gasteiger partial charge in [0.2, 0.25) is 0 Å². The molecule has 7 heteroatoms. The summed E-state index contributed by atoms with van der Waals surface area (Å²) in [5.41, 5.74) is 0.0236. The highest BCUT2D eigenvalue weighted by atomic mass is 28.4. The highest BCUT2D eigenvalue weighted by molar-refractivity contribution is 6.60. The molecule has 0 aromatic heterocycles. The topological polar surface area (TPSA) is 37.4 Å². The molecule has 182 valence electrons. The third-order valence-electron chi connectivity index (χ3n) is 6.04. The molecule has 0 unspecified atom stereocenters. The average molecular weight is 448 g/mol. The van der Waals surface area contributed by atoms with Gasteiger partial charge in [0.05, 0.1) is 0 Å². The van der Waals surface area contributed by atoms with Crippen molar-refractivity contribution in [1.82, 2.24) is 14.7 Å². The van der Waals surface area contributed by atoms with Crippen molar-refractivity contribution in [3.05, 3.63) is 0 Å². The first-order valence-corrected chi connectivity index (χ1v) is 14.4. The molecule has 0 saturated heterocycles. The molecule has 0 heterocycles. The molecule has 0 N–H and O–H groups in total. The van der Waals surface area contributed by atoms with E-state index in [-0.39, 0.29) is 5.41 Å². The van der Waals surface area contributed by atoms with Gasteiger partial charge in [-0.1, -0.05) is 41.5 Å². The number of hydrogen-bond donors (Lipinski definition) is 0. The van der Waals surface area contributed by atoms with E-state index in [0.29, 0.717) is 19.8 Å². The summed E-state index contributed by atoms with van der Waals surface area (Å²) in [6.07, 6.45) is 0. The summed E-state index contributed by atoms with van der Waals surface area (Å²) in [7, 11) is -2.79. The van der Waals surface area contributed by atoms with E-state index in [4.69, 9.17) is 13.3 Å². The van der Waals surface area contributed by atoms with Crippen molar-refractivity contribution in [2.24, 2.45) is 5.41 Å². The molecular formula is C23H53N3O3Si. The van der Waals surface area contributed by atoms with Gasteiger partial charge in [-0.05, 0) is 60.0 Å². The van der Waals surface area contributed by atoms with Gasteiger partial charge in [-0.25, -0.2) is 0 Å². The Morgan fingerprint density at radius 2 is 0.767 bits per heavy atom. The smallest absolute Gasteiger partial charge is 0.374 e. The number of nitrogens with zero attached hydrogens (tertiary/aromatic N) is 3. The zero-order chi connectivity index (χ0) is 23.0. The van der Waals surface area contributed by atoms with E-state index in [9.17, 15) is 0 Å². The van der Waals surface area contributed by atoms with E-state index in [1.165, 1.54) is 0 Å². The van der Waals surface area contributed by atoms with Crippen LogP contribution in [0.4, 0.5) is 0 Å². The molecule has 0 aromatic carbocycles. The van der Waals surface area contributed by atoms with Gasteiger partial charge in [0.15, 0.2) is 0 Å². The molecule has 0 rings (SSSR count). The average Bonchev–Trinajstić information content (AvgIpc) is 2.74. The zero-order valence-corrected chi connectivity index (χ0v) is 22.8. The zero-order valence-electron chi connectivity index (χ0n) is 21.8. The summed E-state index contributed by atoms with van der Waals surface area (Å²) in [6, 6.07) is 0.860. The fraction of sp³-hybridized carbons (Fsp3) is 1.00. The molecule has 30 heavy (non-hydrogen) atoms. The summed E-state index contributed by atoms with van der Waals surface area (Å²) in [4.78, 5) is 7.70. The second-order valence-electron chi connectivity index (χ2n) is 8.04. The van der Waals surface area contributed by atoms with E-state index in [1.807, 2.05) is 0 Å². The normalized spacial score (nSPS) is 13.2. The minimum atomic E-state index is -2.79. The third kappa shape index (κ3) is 10.1. The van der Waals surface area contributed by atoms with Crippen LogP contribution in [0.5, 0.6) is 0 Å². The van der Waals surface area contributed by atoms with Gasteiger partial charge >= 0.3 is 8.80 Å². The second kappa shape index (κ2) is 16.6. The molecule has 0 aliphatic heterocycles. The van der Waals surface area contributed by atoms with Crippen molar-refractivity contribution in [2.45, 2.75) is 68.4 Å². The van der Waals surface area contributed by atoms with E-state index >= 15 is 0 Å². The number of hydrogen-bond acceptors (Lipinski definition) is 6. The van der Waals surface area contributed by atoms with Crippen LogP contribution in [0.1, 0.15) is 62.3 Å². The van der Waals surface area contributed by atoms with Gasteiger partial charge in [-0.15, -0.1) is 0 Å². The lowest BCUT2D eigenvalue weighted by Gasteiger charge is -2.46. The third-order valence-corrected chi connectivity index (χ3v) is 9.41. The van der Waals surface area contributed by atoms with Crippen molar-refractivity contribution in [3.8, 4) is 0 Å². The first-order valence-electron chi connectivity index (χ1n) is 12.5. The predicted octanol–water partition coefficient (Wildman–Crippen LogP) is 4.05. The molecule has 0 aliphatic rings. The van der Waals surface area contributed by atoms with E-state index in [1.54, 1.807) is 0 Å². The lowest BCUT2D eigenvalue weighted by molar-refractivity contribution is 0.0277. The molecule has 0 aliphatic carbocycles. The maximum Gasteiger partial charge on any atom is 0.501 e. The van der Waals surface area contributed by atoms with Crippen molar-refractivity contribution in [2.75, 3.05) is 78.7 Å². The van der Waals surface area contributed by atoms with Gasteiger partial charge in [-0.2, -0.15) is 0 Å². The maximum absolute atomic E-state index is 6.35. The highest BCUT2D eigenvalue weighted by Gasteiger charge is 2.50. The van der Waals surface area contributed by atoms with Crippen LogP contribution < -0.4 is 0 Å². The summed E-state index contributed by atoms with van der Waals surface area (Å²) in [5.74, 6) is 0. The Hall–Kier alpha value is -0.0231. The summed E-state index contributed by atoms with van der Waals surface area (Å²) in [6.45, 7) is 31.1. The predicted molar refractivity (Wildman–Crippen MR) is 131 cm³/mol. The lowest BCUT2D eigenvalue weighted by atomic mass is 9.87. The Bertz CT molecular complexity index is 350. The summed E-state index contributed by atoms with van der Waals surface area (Å²) >= 11 is 0. The Labute approximate surface area is 189 Å². The maximum atomic E-state index is 6.35. The lowest BCUT2D eigenvalue weighted by Crippen LogP contribution is -2.58. The summed E-state index contributed by atoms with van der Waals surface area (Å²) < 4.78 is 19.1. The Morgan fingerprint density at radius 3 is 0.967 bits per heavy atom. The molecule has 0 atom stereocenters. The molecular weight excluding hydrogens is 394 g/mol. The summed E-state index contributed by atoms with van der Waals surface area (Å²) in [5, 5.41) is 0. The fourth-order valence-electron chi connectivity index (χ4n) is 4.48. The van der Waals surface area contributed by atoms with Crippen LogP contribution in [0.2, 0.25) is 6.04 Å². The minimum absolute atomic E-state index is 0.0236. The van der Waals surface area contributed by atoms with E-state index < -0.39 is 8.80 Å². The van der Waals surface area contributed by atoms with Gasteiger partial charge in [0.25, 0.3) is 0 Å². The van der Waals surface area contributed by atoms with Crippen molar-refractivity contribution < 1.29 is 13.3 Å². The highest BCUT2D eigenvalue weighted by Crippen LogP contribution is 2.35. The quantitative estimate of drug-likeness (QED) is 0.262. The molecule has 0 amide bonds. The van der Waals surface area contributed by atoms with Crippen molar-refractivity contribution in [1.29, 1.82) is 0 Å². The van der Waals surface area contributed by atoms with Crippen LogP contribution in [0.25, 0.3) is 0 Å². The van der Waals surface area contributed by atoms with Gasteiger partial charge in [0.1, 0.15) is 0 Å². The Morgan fingerprint density at radius 1 is 0.500 bits per heavy atom. The fourth-order valence-corrected chi connectivity index (χ4v) is 7.61. The first-order chi connectivity index (χ1) is 14.4. The Balaban J connectivity index is 6.33. The van der Waals surface area contributed by atoms with Crippen LogP contribution in [-0.4, -0.2) is 102 Å². The second-order valence-corrected chi connectivity index (χ2v) is 10.6. The van der Waals surface area contributed by atoms with Crippen LogP contribution >= 0.6 is 0 Å². The first kappa shape index (κ1) is 30.0. The van der Waals surface area contributed by atoms with Gasteiger partial charge in [0, 0.05) is 50.9 Å². The van der Waals surface area contributed by atoms with Crippen LogP contribution in [0, 0.1) is 5.41 Å². The number of rotatable bonds is 20.